The second-order valence-electron chi connectivity index (χ2n) is 7.77. The summed E-state index contributed by atoms with van der Waals surface area (Å²) in [6.07, 6.45) is 5.19. The second-order valence-corrected chi connectivity index (χ2v) is 7.77. The predicted octanol–water partition coefficient (Wildman–Crippen LogP) is 0.701. The highest BCUT2D eigenvalue weighted by Crippen LogP contribution is 2.22. The Kier molecular flexibility index (Phi) is 6.33. The lowest BCUT2D eigenvalue weighted by atomic mass is 9.93. The van der Waals surface area contributed by atoms with Crippen LogP contribution in [-0.2, 0) is 24.9 Å². The van der Waals surface area contributed by atoms with E-state index in [4.69, 9.17) is 5.73 Å². The van der Waals surface area contributed by atoms with Crippen LogP contribution < -0.4 is 17.0 Å². The van der Waals surface area contributed by atoms with Crippen molar-refractivity contribution in [2.45, 2.75) is 58.5 Å². The van der Waals surface area contributed by atoms with Crippen molar-refractivity contribution in [2.75, 3.05) is 13.1 Å². The SMILES string of the molecule is CCCCn1c(=O)[nH]c(=O)c2c1nc(CN1CCCC(CCC(N)=O)C1)n2C. The third kappa shape index (κ3) is 4.35. The number of aryl methyl sites for hydroxylation is 2. The van der Waals surface area contributed by atoms with Crippen LogP contribution in [0.3, 0.4) is 0 Å². The fraction of sp³-hybridized carbons (Fsp3) is 0.684. The van der Waals surface area contributed by atoms with Gasteiger partial charge in [0, 0.05) is 26.6 Å². The minimum absolute atomic E-state index is 0.253. The van der Waals surface area contributed by atoms with Crippen LogP contribution in [0, 0.1) is 5.92 Å². The zero-order valence-corrected chi connectivity index (χ0v) is 16.7. The number of carbonyl (C=O) groups excluding carboxylic acids is 1. The number of aromatic nitrogens is 4. The van der Waals surface area contributed by atoms with Crippen LogP contribution in [0.2, 0.25) is 0 Å². The Bertz CT molecular complexity index is 957. The fourth-order valence-corrected chi connectivity index (χ4v) is 4.03. The van der Waals surface area contributed by atoms with Crippen molar-refractivity contribution in [2.24, 2.45) is 18.7 Å². The Morgan fingerprint density at radius 1 is 1.36 bits per heavy atom. The first-order valence-corrected chi connectivity index (χ1v) is 10.1. The standard InChI is InChI=1S/C19H30N6O3/c1-3-4-10-25-17-16(18(27)22-19(25)28)23(2)15(21-17)12-24-9-5-6-13(11-24)7-8-14(20)26/h13H,3-12H2,1-2H3,(H2,20,26)(H,22,27,28). The first-order valence-electron chi connectivity index (χ1n) is 10.1. The van der Waals surface area contributed by atoms with E-state index in [9.17, 15) is 14.4 Å². The van der Waals surface area contributed by atoms with Crippen molar-refractivity contribution in [3.63, 3.8) is 0 Å². The Morgan fingerprint density at radius 2 is 2.14 bits per heavy atom. The molecule has 1 saturated heterocycles. The van der Waals surface area contributed by atoms with Crippen molar-refractivity contribution in [3.8, 4) is 0 Å². The van der Waals surface area contributed by atoms with Crippen LogP contribution in [0.15, 0.2) is 9.59 Å². The van der Waals surface area contributed by atoms with E-state index in [1.165, 1.54) is 0 Å². The Morgan fingerprint density at radius 3 is 2.86 bits per heavy atom. The number of hydrogen-bond acceptors (Lipinski definition) is 5. The summed E-state index contributed by atoms with van der Waals surface area (Å²) in [6, 6.07) is 0. The molecule has 0 radical (unpaired) electrons. The van der Waals surface area contributed by atoms with E-state index in [1.54, 1.807) is 9.13 Å². The van der Waals surface area contributed by atoms with Gasteiger partial charge in [-0.2, -0.15) is 0 Å². The molecule has 1 aliphatic rings. The zero-order valence-electron chi connectivity index (χ0n) is 16.7. The number of aromatic amines is 1. The van der Waals surface area contributed by atoms with E-state index in [1.807, 2.05) is 7.05 Å². The number of carbonyl (C=O) groups is 1. The number of nitrogens with two attached hydrogens (primary N) is 1. The van der Waals surface area contributed by atoms with Crippen LogP contribution in [-0.4, -0.2) is 43.0 Å². The summed E-state index contributed by atoms with van der Waals surface area (Å²) < 4.78 is 3.36. The van der Waals surface area contributed by atoms with Gasteiger partial charge < -0.3 is 10.3 Å². The number of unbranched alkanes of at least 4 members (excludes halogenated alkanes) is 1. The van der Waals surface area contributed by atoms with Gasteiger partial charge in [-0.1, -0.05) is 13.3 Å². The smallest absolute Gasteiger partial charge is 0.330 e. The number of likely N-dealkylation sites (tertiary alicyclic amines) is 1. The molecule has 0 aromatic carbocycles. The van der Waals surface area contributed by atoms with Crippen molar-refractivity contribution < 1.29 is 4.79 Å². The number of piperidine rings is 1. The minimum atomic E-state index is -0.403. The van der Waals surface area contributed by atoms with Gasteiger partial charge in [-0.25, -0.2) is 9.78 Å². The molecular formula is C19H30N6O3. The quantitative estimate of drug-likeness (QED) is 0.688. The Hall–Kier alpha value is -2.42. The van der Waals surface area contributed by atoms with Gasteiger partial charge in [-0.3, -0.25) is 24.0 Å². The van der Waals surface area contributed by atoms with E-state index in [-0.39, 0.29) is 5.91 Å². The minimum Gasteiger partial charge on any atom is -0.370 e. The molecule has 1 amide bonds. The number of H-pyrrole nitrogens is 1. The molecule has 154 valence electrons. The maximum absolute atomic E-state index is 12.4. The topological polar surface area (TPSA) is 119 Å². The molecule has 2 aromatic heterocycles. The van der Waals surface area contributed by atoms with Gasteiger partial charge in [0.15, 0.2) is 11.2 Å². The Labute approximate surface area is 163 Å². The van der Waals surface area contributed by atoms with E-state index in [2.05, 4.69) is 21.8 Å². The number of nitrogens with one attached hydrogen (secondary N) is 1. The molecule has 28 heavy (non-hydrogen) atoms. The largest absolute Gasteiger partial charge is 0.370 e. The van der Waals surface area contributed by atoms with Gasteiger partial charge in [0.2, 0.25) is 5.91 Å². The molecule has 0 saturated carbocycles. The van der Waals surface area contributed by atoms with E-state index >= 15 is 0 Å². The second kappa shape index (κ2) is 8.72. The normalized spacial score (nSPS) is 18.0. The maximum Gasteiger partial charge on any atom is 0.330 e. The predicted molar refractivity (Wildman–Crippen MR) is 107 cm³/mol. The van der Waals surface area contributed by atoms with Crippen molar-refractivity contribution >= 4 is 17.1 Å². The maximum atomic E-state index is 12.4. The van der Waals surface area contributed by atoms with Crippen LogP contribution in [0.5, 0.6) is 0 Å². The molecule has 1 unspecified atom stereocenters. The van der Waals surface area contributed by atoms with E-state index in [0.717, 1.165) is 51.0 Å². The lowest BCUT2D eigenvalue weighted by Gasteiger charge is -2.32. The van der Waals surface area contributed by atoms with Crippen LogP contribution >= 0.6 is 0 Å². The fourth-order valence-electron chi connectivity index (χ4n) is 4.03. The first kappa shape index (κ1) is 20.3. The molecule has 1 aliphatic heterocycles. The lowest BCUT2D eigenvalue weighted by molar-refractivity contribution is -0.118. The summed E-state index contributed by atoms with van der Waals surface area (Å²) in [7, 11) is 1.82. The molecule has 3 rings (SSSR count). The summed E-state index contributed by atoms with van der Waals surface area (Å²) >= 11 is 0. The highest BCUT2D eigenvalue weighted by molar-refractivity contribution is 5.73. The molecule has 1 atom stereocenters. The van der Waals surface area contributed by atoms with Crippen LogP contribution in [0.4, 0.5) is 0 Å². The molecule has 9 nitrogen and oxygen atoms in total. The zero-order chi connectivity index (χ0) is 20.3. The summed E-state index contributed by atoms with van der Waals surface area (Å²) in [4.78, 5) is 45.1. The van der Waals surface area contributed by atoms with Gasteiger partial charge >= 0.3 is 5.69 Å². The van der Waals surface area contributed by atoms with Gasteiger partial charge in [0.1, 0.15) is 5.82 Å². The third-order valence-electron chi connectivity index (χ3n) is 5.61. The summed E-state index contributed by atoms with van der Waals surface area (Å²) in [5.74, 6) is 0.964. The lowest BCUT2D eigenvalue weighted by Crippen LogP contribution is -2.36. The number of rotatable bonds is 8. The monoisotopic (exact) mass is 390 g/mol. The summed E-state index contributed by atoms with van der Waals surface area (Å²) in [5, 5.41) is 0. The molecule has 1 fully saturated rings. The molecule has 9 heteroatoms. The molecule has 0 aliphatic carbocycles. The average molecular weight is 390 g/mol. The summed E-state index contributed by atoms with van der Waals surface area (Å²) in [5.41, 5.74) is 5.38. The van der Waals surface area contributed by atoms with Gasteiger partial charge in [0.05, 0.1) is 6.54 Å². The third-order valence-corrected chi connectivity index (χ3v) is 5.61. The van der Waals surface area contributed by atoms with Crippen molar-refractivity contribution in [3.05, 3.63) is 26.7 Å². The number of amides is 1. The number of fused-ring (bicyclic) bond motifs is 1. The van der Waals surface area contributed by atoms with E-state index in [0.29, 0.717) is 36.6 Å². The molecule has 0 bridgehead atoms. The molecule has 0 spiro atoms. The molecule has 3 N–H and O–H groups in total. The number of nitrogens with zero attached hydrogens (tertiary/aromatic N) is 4. The average Bonchev–Trinajstić information content (AvgIpc) is 2.97. The van der Waals surface area contributed by atoms with Crippen molar-refractivity contribution in [1.29, 1.82) is 0 Å². The van der Waals surface area contributed by atoms with Gasteiger partial charge in [-0.15, -0.1) is 0 Å². The number of imidazole rings is 1. The van der Waals surface area contributed by atoms with Crippen LogP contribution in [0.1, 0.15) is 51.3 Å². The summed E-state index contributed by atoms with van der Waals surface area (Å²) in [6.45, 7) is 5.05. The number of hydrogen-bond donors (Lipinski definition) is 2. The Balaban J connectivity index is 1.84. The highest BCUT2D eigenvalue weighted by atomic mass is 16.2. The molecule has 3 heterocycles. The van der Waals surface area contributed by atoms with Gasteiger partial charge in [0.25, 0.3) is 5.56 Å². The van der Waals surface area contributed by atoms with Crippen molar-refractivity contribution in [1.82, 2.24) is 24.0 Å². The molecule has 2 aromatic rings. The highest BCUT2D eigenvalue weighted by Gasteiger charge is 2.23. The van der Waals surface area contributed by atoms with Gasteiger partial charge in [-0.05, 0) is 38.1 Å². The van der Waals surface area contributed by atoms with Crippen LogP contribution in [0.25, 0.3) is 11.2 Å². The molecular weight excluding hydrogens is 360 g/mol. The first-order chi connectivity index (χ1) is 13.4. The van der Waals surface area contributed by atoms with E-state index < -0.39 is 11.2 Å². The number of primary amides is 1.